The average molecular weight is 473 g/mol. The van der Waals surface area contributed by atoms with Crippen LogP contribution in [0.2, 0.25) is 0 Å². The predicted octanol–water partition coefficient (Wildman–Crippen LogP) is 2.55. The number of pyridine rings is 2. The summed E-state index contributed by atoms with van der Waals surface area (Å²) < 4.78 is 22.2. The van der Waals surface area contributed by atoms with Crippen LogP contribution >= 0.6 is 0 Å². The summed E-state index contributed by atoms with van der Waals surface area (Å²) in [7, 11) is 0. The van der Waals surface area contributed by atoms with Crippen LogP contribution in [-0.2, 0) is 9.53 Å². The highest BCUT2D eigenvalue weighted by Gasteiger charge is 2.34. The van der Waals surface area contributed by atoms with Crippen molar-refractivity contribution in [1.29, 1.82) is 0 Å². The molecular weight excluding hydrogens is 443 g/mol. The first kappa shape index (κ1) is 23.8. The number of ether oxygens (including phenoxy) is 1. The topological polar surface area (TPSA) is 102 Å². The molecule has 0 atom stereocenters. The molecule has 1 aliphatic heterocycles. The fourth-order valence-corrected chi connectivity index (χ4v) is 4.26. The second-order valence-electron chi connectivity index (χ2n) is 9.74. The summed E-state index contributed by atoms with van der Waals surface area (Å²) in [5, 5.41) is -0.213. The normalized spacial score (nSPS) is 16.6. The van der Waals surface area contributed by atoms with Gasteiger partial charge in [-0.15, -0.1) is 0 Å². The highest BCUT2D eigenvalue weighted by Crippen LogP contribution is 2.38. The molecule has 9 nitrogen and oxygen atoms in total. The molecule has 2 fully saturated rings. The Balaban J connectivity index is 1.80. The van der Waals surface area contributed by atoms with Crippen molar-refractivity contribution in [1.82, 2.24) is 14.5 Å². The Morgan fingerprint density at radius 2 is 1.85 bits per heavy atom. The number of halogens is 1. The maximum Gasteiger partial charge on any atom is 0.343 e. The van der Waals surface area contributed by atoms with Gasteiger partial charge in [0, 0.05) is 43.8 Å². The fourth-order valence-electron chi connectivity index (χ4n) is 4.26. The quantitative estimate of drug-likeness (QED) is 0.487. The van der Waals surface area contributed by atoms with E-state index in [2.05, 4.69) is 4.98 Å². The van der Waals surface area contributed by atoms with E-state index in [0.29, 0.717) is 32.5 Å². The summed E-state index contributed by atoms with van der Waals surface area (Å²) in [5.41, 5.74) is -1.78. The number of piperazine rings is 1. The maximum atomic E-state index is 15.6. The van der Waals surface area contributed by atoms with Crippen molar-refractivity contribution < 1.29 is 23.5 Å². The summed E-state index contributed by atoms with van der Waals surface area (Å²) in [6.07, 6.45) is 3.34. The minimum absolute atomic E-state index is 0.00263. The number of esters is 1. The lowest BCUT2D eigenvalue weighted by Crippen LogP contribution is -2.52. The van der Waals surface area contributed by atoms with Crippen LogP contribution in [0.5, 0.6) is 0 Å². The zero-order valence-electron chi connectivity index (χ0n) is 19.9. The number of amides is 1. The monoisotopic (exact) mass is 472 g/mol. The highest BCUT2D eigenvalue weighted by molar-refractivity contribution is 6.00. The smallest absolute Gasteiger partial charge is 0.343 e. The Bertz CT molecular complexity index is 1220. The number of fused-ring (bicyclic) bond motifs is 1. The highest BCUT2D eigenvalue weighted by atomic mass is 19.1. The maximum absolute atomic E-state index is 15.6. The average Bonchev–Trinajstić information content (AvgIpc) is 3.63. The molecule has 3 heterocycles. The van der Waals surface area contributed by atoms with Gasteiger partial charge in [-0.3, -0.25) is 14.4 Å². The number of carbonyl (C=O) groups excluding carboxylic acids is 3. The third kappa shape index (κ3) is 4.17. The van der Waals surface area contributed by atoms with Gasteiger partial charge < -0.3 is 19.1 Å². The number of aldehydes is 1. The van der Waals surface area contributed by atoms with Gasteiger partial charge in [0.2, 0.25) is 11.3 Å². The van der Waals surface area contributed by atoms with E-state index in [1.165, 1.54) is 6.20 Å². The largest absolute Gasteiger partial charge is 0.462 e. The van der Waals surface area contributed by atoms with E-state index in [0.717, 1.165) is 12.8 Å². The van der Waals surface area contributed by atoms with E-state index in [1.807, 2.05) is 20.8 Å². The summed E-state index contributed by atoms with van der Waals surface area (Å²) in [6, 6.07) is 0.00263. The molecule has 2 aliphatic rings. The second-order valence-corrected chi connectivity index (χ2v) is 9.74. The summed E-state index contributed by atoms with van der Waals surface area (Å²) >= 11 is 0. The molecule has 182 valence electrons. The molecule has 1 saturated heterocycles. The van der Waals surface area contributed by atoms with Crippen molar-refractivity contribution in [2.75, 3.05) is 37.7 Å². The van der Waals surface area contributed by atoms with Crippen molar-refractivity contribution in [2.45, 2.75) is 46.6 Å². The van der Waals surface area contributed by atoms with Crippen molar-refractivity contribution >= 4 is 35.0 Å². The van der Waals surface area contributed by atoms with E-state index in [1.54, 1.807) is 21.3 Å². The van der Waals surface area contributed by atoms with Gasteiger partial charge in [-0.1, -0.05) is 20.8 Å². The lowest BCUT2D eigenvalue weighted by atomic mass is 9.94. The molecule has 1 aliphatic carbocycles. The lowest BCUT2D eigenvalue weighted by Gasteiger charge is -2.38. The van der Waals surface area contributed by atoms with Crippen molar-refractivity contribution in [3.8, 4) is 0 Å². The Hall–Kier alpha value is -3.30. The van der Waals surface area contributed by atoms with E-state index in [9.17, 15) is 19.2 Å². The number of rotatable bonds is 5. The van der Waals surface area contributed by atoms with Gasteiger partial charge in [0.15, 0.2) is 17.9 Å². The molecule has 10 heteroatoms. The van der Waals surface area contributed by atoms with E-state index >= 15 is 4.39 Å². The van der Waals surface area contributed by atoms with Gasteiger partial charge >= 0.3 is 5.97 Å². The molecule has 0 N–H and O–H groups in total. The van der Waals surface area contributed by atoms with Crippen molar-refractivity contribution in [2.24, 2.45) is 5.41 Å². The van der Waals surface area contributed by atoms with E-state index < -0.39 is 28.2 Å². The van der Waals surface area contributed by atoms with Crippen LogP contribution in [0.3, 0.4) is 0 Å². The van der Waals surface area contributed by atoms with Crippen LogP contribution in [0.15, 0.2) is 11.0 Å². The van der Waals surface area contributed by atoms with Gasteiger partial charge in [0.1, 0.15) is 11.2 Å². The number of anilines is 1. The molecule has 0 bridgehead atoms. The number of nitrogens with zero attached hydrogens (tertiary/aromatic N) is 4. The zero-order chi connectivity index (χ0) is 24.8. The number of hydrogen-bond acceptors (Lipinski definition) is 7. The van der Waals surface area contributed by atoms with Gasteiger partial charge in [-0.05, 0) is 19.8 Å². The molecule has 4 rings (SSSR count). The predicted molar refractivity (Wildman–Crippen MR) is 124 cm³/mol. The minimum atomic E-state index is -0.904. The molecular formula is C24H29FN4O5. The molecule has 0 spiro atoms. The summed E-state index contributed by atoms with van der Waals surface area (Å²) in [6.45, 7) is 8.71. The van der Waals surface area contributed by atoms with E-state index in [4.69, 9.17) is 4.74 Å². The Morgan fingerprint density at radius 1 is 1.21 bits per heavy atom. The van der Waals surface area contributed by atoms with Gasteiger partial charge in [-0.25, -0.2) is 14.2 Å². The van der Waals surface area contributed by atoms with Gasteiger partial charge in [0.25, 0.3) is 0 Å². The van der Waals surface area contributed by atoms with Crippen LogP contribution < -0.4 is 10.3 Å². The molecule has 1 amide bonds. The standard InChI is InChI=1S/C24H29FN4O5/c1-5-34-22(32)15-12-29(14-6-7-14)20-17(19(15)31)16(13-30)18(25)21(26-20)27-8-10-28(11-9-27)23(33)24(2,3)4/h12-14H,5-11H2,1-4H3. The first-order chi connectivity index (χ1) is 16.1. The fraction of sp³-hybridized carbons (Fsp3) is 0.542. The number of aromatic nitrogens is 2. The molecule has 2 aromatic heterocycles. The Morgan fingerprint density at radius 3 is 2.38 bits per heavy atom. The van der Waals surface area contributed by atoms with E-state index in [-0.39, 0.29) is 41.0 Å². The summed E-state index contributed by atoms with van der Waals surface area (Å²) in [5.74, 6) is -1.74. The zero-order valence-corrected chi connectivity index (χ0v) is 19.9. The van der Waals surface area contributed by atoms with Crippen LogP contribution in [0.25, 0.3) is 11.0 Å². The Labute approximate surface area is 196 Å². The molecule has 2 aromatic rings. The minimum Gasteiger partial charge on any atom is -0.462 e. The van der Waals surface area contributed by atoms with Crippen LogP contribution in [0.1, 0.15) is 67.3 Å². The SMILES string of the molecule is CCOC(=O)c1cn(C2CC2)c2nc(N3CCN(C(=O)C(C)(C)C)CC3)c(F)c(C=O)c2c1=O. The molecule has 34 heavy (non-hydrogen) atoms. The third-order valence-electron chi connectivity index (χ3n) is 6.18. The van der Waals surface area contributed by atoms with Crippen molar-refractivity contribution in [3.63, 3.8) is 0 Å². The van der Waals surface area contributed by atoms with Gasteiger partial charge in [0.05, 0.1) is 17.6 Å². The molecule has 0 radical (unpaired) electrons. The van der Waals surface area contributed by atoms with Crippen LogP contribution in [0, 0.1) is 11.2 Å². The first-order valence-corrected chi connectivity index (χ1v) is 11.5. The Kier molecular flexibility index (Phi) is 6.18. The van der Waals surface area contributed by atoms with Crippen LogP contribution in [-0.4, -0.2) is 65.4 Å². The third-order valence-corrected chi connectivity index (χ3v) is 6.18. The molecule has 0 aromatic carbocycles. The number of hydrogen-bond donors (Lipinski definition) is 0. The molecule has 0 unspecified atom stereocenters. The number of carbonyl (C=O) groups is 3. The first-order valence-electron chi connectivity index (χ1n) is 11.5. The second kappa shape index (κ2) is 8.81. The summed E-state index contributed by atoms with van der Waals surface area (Å²) in [4.78, 5) is 58.0. The lowest BCUT2D eigenvalue weighted by molar-refractivity contribution is -0.139. The molecule has 1 saturated carbocycles. The van der Waals surface area contributed by atoms with Gasteiger partial charge in [-0.2, -0.15) is 0 Å². The van der Waals surface area contributed by atoms with Crippen molar-refractivity contribution in [3.05, 3.63) is 33.4 Å². The van der Waals surface area contributed by atoms with Crippen LogP contribution in [0.4, 0.5) is 10.2 Å².